The van der Waals surface area contributed by atoms with Crippen LogP contribution in [0.4, 0.5) is 5.69 Å². The molecule has 0 saturated heterocycles. The number of nitrogens with zero attached hydrogens (tertiary/aromatic N) is 3. The first kappa shape index (κ1) is 11.7. The molecule has 1 N–H and O–H groups in total. The van der Waals surface area contributed by atoms with Gasteiger partial charge in [-0.3, -0.25) is 4.57 Å². The molecule has 2 aromatic heterocycles. The van der Waals surface area contributed by atoms with Gasteiger partial charge in [0.2, 0.25) is 0 Å². The first-order chi connectivity index (χ1) is 9.81. The Labute approximate surface area is 118 Å². The van der Waals surface area contributed by atoms with Crippen LogP contribution in [0.3, 0.4) is 0 Å². The molecule has 0 bridgehead atoms. The van der Waals surface area contributed by atoms with E-state index in [1.807, 2.05) is 30.0 Å². The molecule has 1 saturated carbocycles. The molecule has 0 radical (unpaired) electrons. The quantitative estimate of drug-likeness (QED) is 0.869. The summed E-state index contributed by atoms with van der Waals surface area (Å²) in [7, 11) is 0. The highest BCUT2D eigenvalue weighted by Gasteiger charge is 2.40. The highest BCUT2D eigenvalue weighted by atomic mass is 15.1. The van der Waals surface area contributed by atoms with Crippen LogP contribution in [0.5, 0.6) is 0 Å². The summed E-state index contributed by atoms with van der Waals surface area (Å²) in [6, 6.07) is 4.73. The normalized spacial score (nSPS) is 27.1. The number of pyridine rings is 1. The predicted octanol–water partition coefficient (Wildman–Crippen LogP) is 2.95. The third kappa shape index (κ3) is 1.83. The number of hydrogen-bond acceptors (Lipinski definition) is 3. The molecule has 4 rings (SSSR count). The molecule has 0 aromatic carbocycles. The van der Waals surface area contributed by atoms with Crippen LogP contribution in [0.25, 0.3) is 5.82 Å². The minimum absolute atomic E-state index is 0.585. The van der Waals surface area contributed by atoms with Crippen molar-refractivity contribution in [2.45, 2.75) is 25.8 Å². The standard InChI is InChI=1S/C16H18N4/c1-11-17-7-8-20(11)16-6-5-13(10-18-16)19-15-9-12-3-2-4-14(12)15/h2,4-8,10,12,14-15,19H,3,9H2,1H3. The van der Waals surface area contributed by atoms with Crippen LogP contribution in [0.2, 0.25) is 0 Å². The molecule has 2 aliphatic rings. The topological polar surface area (TPSA) is 42.7 Å². The van der Waals surface area contributed by atoms with E-state index >= 15 is 0 Å². The lowest BCUT2D eigenvalue weighted by atomic mass is 9.71. The zero-order chi connectivity index (χ0) is 13.5. The van der Waals surface area contributed by atoms with E-state index in [0.29, 0.717) is 6.04 Å². The van der Waals surface area contributed by atoms with Gasteiger partial charge in [0.25, 0.3) is 0 Å². The van der Waals surface area contributed by atoms with Gasteiger partial charge in [0.15, 0.2) is 0 Å². The van der Waals surface area contributed by atoms with Gasteiger partial charge in [-0.1, -0.05) is 12.2 Å². The van der Waals surface area contributed by atoms with Gasteiger partial charge < -0.3 is 5.32 Å². The van der Waals surface area contributed by atoms with Gasteiger partial charge in [-0.15, -0.1) is 0 Å². The minimum Gasteiger partial charge on any atom is -0.380 e. The third-order valence-corrected chi connectivity index (χ3v) is 4.54. The molecule has 2 heterocycles. The van der Waals surface area contributed by atoms with Crippen LogP contribution >= 0.6 is 0 Å². The second-order valence-electron chi connectivity index (χ2n) is 5.74. The van der Waals surface area contributed by atoms with Crippen molar-refractivity contribution in [3.8, 4) is 5.82 Å². The molecule has 3 atom stereocenters. The van der Waals surface area contributed by atoms with E-state index in [-0.39, 0.29) is 0 Å². The van der Waals surface area contributed by atoms with Crippen LogP contribution in [0.1, 0.15) is 18.7 Å². The van der Waals surface area contributed by atoms with Gasteiger partial charge in [-0.05, 0) is 37.8 Å². The van der Waals surface area contributed by atoms with Crippen LogP contribution in [0.15, 0.2) is 42.9 Å². The third-order valence-electron chi connectivity index (χ3n) is 4.54. The van der Waals surface area contributed by atoms with Gasteiger partial charge in [0.05, 0.1) is 11.9 Å². The molecule has 0 spiro atoms. The molecule has 0 amide bonds. The maximum absolute atomic E-state index is 4.52. The summed E-state index contributed by atoms with van der Waals surface area (Å²) in [6.45, 7) is 1.98. The van der Waals surface area contributed by atoms with Crippen LogP contribution in [0, 0.1) is 18.8 Å². The van der Waals surface area contributed by atoms with E-state index in [2.05, 4.69) is 33.5 Å². The van der Waals surface area contributed by atoms with Gasteiger partial charge in [0.1, 0.15) is 11.6 Å². The van der Waals surface area contributed by atoms with Crippen molar-refractivity contribution in [1.29, 1.82) is 0 Å². The summed E-state index contributed by atoms with van der Waals surface area (Å²) in [4.78, 5) is 8.74. The lowest BCUT2D eigenvalue weighted by Gasteiger charge is -2.41. The van der Waals surface area contributed by atoms with E-state index in [1.54, 1.807) is 6.20 Å². The number of nitrogens with one attached hydrogen (secondary N) is 1. The van der Waals surface area contributed by atoms with E-state index in [9.17, 15) is 0 Å². The van der Waals surface area contributed by atoms with Crippen molar-refractivity contribution in [1.82, 2.24) is 14.5 Å². The molecule has 1 fully saturated rings. The fraction of sp³-hybridized carbons (Fsp3) is 0.375. The molecule has 3 unspecified atom stereocenters. The molecule has 20 heavy (non-hydrogen) atoms. The molecule has 4 nitrogen and oxygen atoms in total. The lowest BCUT2D eigenvalue weighted by molar-refractivity contribution is 0.218. The SMILES string of the molecule is Cc1nccn1-c1ccc(NC2CC3CC=CC32)cn1. The van der Waals surface area contributed by atoms with E-state index in [1.165, 1.54) is 12.8 Å². The second kappa shape index (κ2) is 4.47. The highest BCUT2D eigenvalue weighted by molar-refractivity contribution is 5.46. The van der Waals surface area contributed by atoms with Crippen molar-refractivity contribution in [2.75, 3.05) is 5.32 Å². The second-order valence-corrected chi connectivity index (χ2v) is 5.74. The number of aromatic nitrogens is 3. The van der Waals surface area contributed by atoms with Crippen molar-refractivity contribution >= 4 is 5.69 Å². The summed E-state index contributed by atoms with van der Waals surface area (Å²) < 4.78 is 1.99. The molecular formula is C16H18N4. The van der Waals surface area contributed by atoms with Crippen molar-refractivity contribution in [3.63, 3.8) is 0 Å². The summed E-state index contributed by atoms with van der Waals surface area (Å²) in [5.74, 6) is 3.48. The van der Waals surface area contributed by atoms with Gasteiger partial charge in [-0.2, -0.15) is 0 Å². The average Bonchev–Trinajstić information content (AvgIpc) is 3.03. The largest absolute Gasteiger partial charge is 0.380 e. The Kier molecular flexibility index (Phi) is 2.62. The highest BCUT2D eigenvalue weighted by Crippen LogP contribution is 2.43. The Balaban J connectivity index is 1.48. The molecule has 0 aliphatic heterocycles. The Hall–Kier alpha value is -2.10. The van der Waals surface area contributed by atoms with Crippen molar-refractivity contribution in [2.24, 2.45) is 11.8 Å². The first-order valence-electron chi connectivity index (χ1n) is 7.21. The number of anilines is 1. The summed E-state index contributed by atoms with van der Waals surface area (Å²) in [5, 5.41) is 3.60. The van der Waals surface area contributed by atoms with Gasteiger partial charge in [-0.25, -0.2) is 9.97 Å². The number of aryl methyl sites for hydroxylation is 1. The number of imidazole rings is 1. The maximum Gasteiger partial charge on any atom is 0.138 e. The predicted molar refractivity (Wildman–Crippen MR) is 78.9 cm³/mol. The Morgan fingerprint density at radius 1 is 1.30 bits per heavy atom. The molecule has 102 valence electrons. The van der Waals surface area contributed by atoms with E-state index in [0.717, 1.165) is 29.2 Å². The Morgan fingerprint density at radius 2 is 2.25 bits per heavy atom. The van der Waals surface area contributed by atoms with Crippen LogP contribution in [-0.2, 0) is 0 Å². The minimum atomic E-state index is 0.585. The lowest BCUT2D eigenvalue weighted by Crippen LogP contribution is -2.43. The van der Waals surface area contributed by atoms with Gasteiger partial charge >= 0.3 is 0 Å². The van der Waals surface area contributed by atoms with E-state index < -0.39 is 0 Å². The molecular weight excluding hydrogens is 248 g/mol. The smallest absolute Gasteiger partial charge is 0.138 e. The monoisotopic (exact) mass is 266 g/mol. The zero-order valence-corrected chi connectivity index (χ0v) is 11.5. The summed E-state index contributed by atoms with van der Waals surface area (Å²) in [5.41, 5.74) is 1.11. The Morgan fingerprint density at radius 3 is 2.95 bits per heavy atom. The molecule has 2 aromatic rings. The fourth-order valence-electron chi connectivity index (χ4n) is 3.33. The summed E-state index contributed by atoms with van der Waals surface area (Å²) in [6.07, 6.45) is 12.9. The average molecular weight is 266 g/mol. The Bertz CT molecular complexity index is 641. The number of rotatable bonds is 3. The molecule has 4 heteroatoms. The fourth-order valence-corrected chi connectivity index (χ4v) is 3.33. The number of hydrogen-bond donors (Lipinski definition) is 1. The van der Waals surface area contributed by atoms with E-state index in [4.69, 9.17) is 0 Å². The van der Waals surface area contributed by atoms with Crippen molar-refractivity contribution < 1.29 is 0 Å². The summed E-state index contributed by atoms with van der Waals surface area (Å²) >= 11 is 0. The zero-order valence-electron chi connectivity index (χ0n) is 11.5. The number of allylic oxidation sites excluding steroid dienone is 1. The van der Waals surface area contributed by atoms with Crippen LogP contribution in [-0.4, -0.2) is 20.6 Å². The number of fused-ring (bicyclic) bond motifs is 1. The van der Waals surface area contributed by atoms with Crippen LogP contribution < -0.4 is 5.32 Å². The first-order valence-corrected chi connectivity index (χ1v) is 7.21. The van der Waals surface area contributed by atoms with Crippen molar-refractivity contribution in [3.05, 3.63) is 48.7 Å². The van der Waals surface area contributed by atoms with Gasteiger partial charge in [0, 0.05) is 24.4 Å². The molecule has 2 aliphatic carbocycles. The maximum atomic E-state index is 4.52.